The SMILES string of the molecule is Cc1ccc(NC(=O)c2cccs2)cc1NC(=O)c1ccc(C(C)(C)C)cc1. The Balaban J connectivity index is 1.74. The molecule has 0 aliphatic heterocycles. The molecule has 0 atom stereocenters. The highest BCUT2D eigenvalue weighted by molar-refractivity contribution is 7.12. The van der Waals surface area contributed by atoms with Crippen LogP contribution in [-0.4, -0.2) is 11.8 Å². The zero-order valence-electron chi connectivity index (χ0n) is 16.5. The zero-order chi connectivity index (χ0) is 20.3. The van der Waals surface area contributed by atoms with E-state index in [4.69, 9.17) is 0 Å². The predicted molar refractivity (Wildman–Crippen MR) is 117 cm³/mol. The summed E-state index contributed by atoms with van der Waals surface area (Å²) >= 11 is 1.39. The monoisotopic (exact) mass is 392 g/mol. The fourth-order valence-electron chi connectivity index (χ4n) is 2.75. The number of hydrogen-bond donors (Lipinski definition) is 2. The molecule has 1 aromatic heterocycles. The summed E-state index contributed by atoms with van der Waals surface area (Å²) in [5.41, 5.74) is 4.06. The summed E-state index contributed by atoms with van der Waals surface area (Å²) in [6.07, 6.45) is 0. The van der Waals surface area contributed by atoms with E-state index in [9.17, 15) is 9.59 Å². The molecule has 1 heterocycles. The van der Waals surface area contributed by atoms with Gasteiger partial charge in [0.2, 0.25) is 0 Å². The van der Waals surface area contributed by atoms with Crippen molar-refractivity contribution >= 4 is 34.5 Å². The summed E-state index contributed by atoms with van der Waals surface area (Å²) in [6, 6.07) is 16.8. The van der Waals surface area contributed by atoms with Gasteiger partial charge in [-0.2, -0.15) is 0 Å². The molecule has 5 heteroatoms. The van der Waals surface area contributed by atoms with Crippen LogP contribution in [0.25, 0.3) is 0 Å². The smallest absolute Gasteiger partial charge is 0.265 e. The van der Waals surface area contributed by atoms with E-state index in [1.807, 2.05) is 54.8 Å². The highest BCUT2D eigenvalue weighted by atomic mass is 32.1. The van der Waals surface area contributed by atoms with Gasteiger partial charge in [-0.3, -0.25) is 9.59 Å². The number of carbonyl (C=O) groups is 2. The van der Waals surface area contributed by atoms with E-state index in [0.29, 0.717) is 21.8 Å². The molecule has 0 saturated carbocycles. The van der Waals surface area contributed by atoms with Crippen molar-refractivity contribution in [3.05, 3.63) is 81.5 Å². The lowest BCUT2D eigenvalue weighted by molar-refractivity contribution is 0.102. The zero-order valence-corrected chi connectivity index (χ0v) is 17.3. The van der Waals surface area contributed by atoms with Crippen molar-refractivity contribution in [3.63, 3.8) is 0 Å². The first-order valence-corrected chi connectivity index (χ1v) is 9.99. The Morgan fingerprint density at radius 1 is 0.893 bits per heavy atom. The second kappa shape index (κ2) is 7.98. The molecule has 2 aromatic carbocycles. The summed E-state index contributed by atoms with van der Waals surface area (Å²) in [5, 5.41) is 7.68. The number of hydrogen-bond acceptors (Lipinski definition) is 3. The van der Waals surface area contributed by atoms with Crippen LogP contribution in [0.5, 0.6) is 0 Å². The van der Waals surface area contributed by atoms with Crippen molar-refractivity contribution < 1.29 is 9.59 Å². The van der Waals surface area contributed by atoms with Crippen molar-refractivity contribution in [2.24, 2.45) is 0 Å². The second-order valence-electron chi connectivity index (χ2n) is 7.74. The molecule has 4 nitrogen and oxygen atoms in total. The quantitative estimate of drug-likeness (QED) is 0.584. The van der Waals surface area contributed by atoms with Crippen LogP contribution in [0.15, 0.2) is 60.0 Å². The average Bonchev–Trinajstić information content (AvgIpc) is 3.19. The van der Waals surface area contributed by atoms with Gasteiger partial charge >= 0.3 is 0 Å². The maximum Gasteiger partial charge on any atom is 0.265 e. The minimum Gasteiger partial charge on any atom is -0.322 e. The van der Waals surface area contributed by atoms with Gasteiger partial charge in [0.15, 0.2) is 0 Å². The number of amides is 2. The highest BCUT2D eigenvalue weighted by Crippen LogP contribution is 2.24. The lowest BCUT2D eigenvalue weighted by Crippen LogP contribution is -2.15. The summed E-state index contributed by atoms with van der Waals surface area (Å²) in [4.78, 5) is 25.5. The highest BCUT2D eigenvalue weighted by Gasteiger charge is 2.15. The topological polar surface area (TPSA) is 58.2 Å². The van der Waals surface area contributed by atoms with Crippen LogP contribution in [0.4, 0.5) is 11.4 Å². The molecule has 28 heavy (non-hydrogen) atoms. The Morgan fingerprint density at radius 2 is 1.61 bits per heavy atom. The first-order valence-electron chi connectivity index (χ1n) is 9.11. The minimum atomic E-state index is -0.176. The number of anilines is 2. The molecule has 2 N–H and O–H groups in total. The molecule has 0 bridgehead atoms. The van der Waals surface area contributed by atoms with Gasteiger partial charge in [-0.1, -0.05) is 45.0 Å². The van der Waals surface area contributed by atoms with Gasteiger partial charge in [-0.05, 0) is 59.2 Å². The van der Waals surface area contributed by atoms with Crippen LogP contribution in [0.3, 0.4) is 0 Å². The van der Waals surface area contributed by atoms with Crippen LogP contribution >= 0.6 is 11.3 Å². The number of nitrogens with one attached hydrogen (secondary N) is 2. The van der Waals surface area contributed by atoms with Gasteiger partial charge in [-0.15, -0.1) is 11.3 Å². The molecule has 0 aliphatic rings. The van der Waals surface area contributed by atoms with Gasteiger partial charge in [-0.25, -0.2) is 0 Å². The molecule has 0 unspecified atom stereocenters. The third kappa shape index (κ3) is 4.67. The molecule has 2 amide bonds. The number of aryl methyl sites for hydroxylation is 1. The average molecular weight is 393 g/mol. The molecule has 144 valence electrons. The summed E-state index contributed by atoms with van der Waals surface area (Å²) in [5.74, 6) is -0.334. The van der Waals surface area contributed by atoms with Crippen LogP contribution in [-0.2, 0) is 5.41 Å². The molecule has 3 aromatic rings. The molecular weight excluding hydrogens is 368 g/mol. The van der Waals surface area contributed by atoms with Gasteiger partial charge in [0, 0.05) is 16.9 Å². The number of benzene rings is 2. The summed E-state index contributed by atoms with van der Waals surface area (Å²) in [7, 11) is 0. The molecule has 0 fully saturated rings. The Morgan fingerprint density at radius 3 is 2.21 bits per heavy atom. The number of rotatable bonds is 4. The molecular formula is C23H24N2O2S. The van der Waals surface area contributed by atoms with Gasteiger partial charge in [0.25, 0.3) is 11.8 Å². The lowest BCUT2D eigenvalue weighted by atomic mass is 9.87. The fourth-order valence-corrected chi connectivity index (χ4v) is 3.37. The lowest BCUT2D eigenvalue weighted by Gasteiger charge is -2.19. The molecule has 0 radical (unpaired) electrons. The third-order valence-corrected chi connectivity index (χ3v) is 5.37. The van der Waals surface area contributed by atoms with E-state index in [-0.39, 0.29) is 17.2 Å². The predicted octanol–water partition coefficient (Wildman–Crippen LogP) is 5.86. The third-order valence-electron chi connectivity index (χ3n) is 4.50. The van der Waals surface area contributed by atoms with E-state index in [1.165, 1.54) is 16.9 Å². The first kappa shape index (κ1) is 19.8. The van der Waals surface area contributed by atoms with Gasteiger partial charge in [0.1, 0.15) is 0 Å². The molecule has 0 aliphatic carbocycles. The Bertz CT molecular complexity index is 984. The first-order chi connectivity index (χ1) is 13.2. The van der Waals surface area contributed by atoms with E-state index in [1.54, 1.807) is 12.1 Å². The van der Waals surface area contributed by atoms with Crippen LogP contribution in [0.2, 0.25) is 0 Å². The van der Waals surface area contributed by atoms with E-state index >= 15 is 0 Å². The van der Waals surface area contributed by atoms with Crippen molar-refractivity contribution in [2.75, 3.05) is 10.6 Å². The van der Waals surface area contributed by atoms with Crippen molar-refractivity contribution in [3.8, 4) is 0 Å². The minimum absolute atomic E-state index is 0.0424. The van der Waals surface area contributed by atoms with Crippen LogP contribution in [0.1, 0.15) is 51.9 Å². The number of thiophene rings is 1. The number of carbonyl (C=O) groups excluding carboxylic acids is 2. The summed E-state index contributed by atoms with van der Waals surface area (Å²) in [6.45, 7) is 8.34. The standard InChI is InChI=1S/C23H24N2O2S/c1-15-7-12-18(24-22(27)20-6-5-13-28-20)14-19(15)25-21(26)16-8-10-17(11-9-16)23(2,3)4/h5-14H,1-4H3,(H,24,27)(H,25,26). The van der Waals surface area contributed by atoms with Crippen molar-refractivity contribution in [2.45, 2.75) is 33.1 Å². The Kier molecular flexibility index (Phi) is 5.66. The maximum absolute atomic E-state index is 12.7. The largest absolute Gasteiger partial charge is 0.322 e. The Labute approximate surface area is 169 Å². The maximum atomic E-state index is 12.7. The van der Waals surface area contributed by atoms with Gasteiger partial charge in [0.05, 0.1) is 4.88 Å². The van der Waals surface area contributed by atoms with Crippen LogP contribution < -0.4 is 10.6 Å². The van der Waals surface area contributed by atoms with Crippen LogP contribution in [0, 0.1) is 6.92 Å². The summed E-state index contributed by atoms with van der Waals surface area (Å²) < 4.78 is 0. The molecule has 3 rings (SSSR count). The normalized spacial score (nSPS) is 11.1. The van der Waals surface area contributed by atoms with E-state index in [2.05, 4.69) is 31.4 Å². The fraction of sp³-hybridized carbons (Fsp3) is 0.217. The van der Waals surface area contributed by atoms with Crippen molar-refractivity contribution in [1.82, 2.24) is 0 Å². The molecule has 0 spiro atoms. The van der Waals surface area contributed by atoms with E-state index < -0.39 is 0 Å². The molecule has 0 saturated heterocycles. The second-order valence-corrected chi connectivity index (χ2v) is 8.69. The Hall–Kier alpha value is -2.92. The van der Waals surface area contributed by atoms with Gasteiger partial charge < -0.3 is 10.6 Å². The van der Waals surface area contributed by atoms with E-state index in [0.717, 1.165) is 5.56 Å². The van der Waals surface area contributed by atoms with Crippen molar-refractivity contribution in [1.29, 1.82) is 0 Å².